The number of carbonyl (C=O) groups excluding carboxylic acids is 1. The molecule has 11 nitrogen and oxygen atoms in total. The molecule has 0 saturated carbocycles. The van der Waals surface area contributed by atoms with E-state index in [0.29, 0.717) is 16.7 Å². The smallest absolute Gasteiger partial charge is 0.254 e. The van der Waals surface area contributed by atoms with Gasteiger partial charge in [0.05, 0.1) is 35.1 Å². The molecule has 11 heteroatoms. The summed E-state index contributed by atoms with van der Waals surface area (Å²) in [6.45, 7) is 3.80. The number of fused-ring (bicyclic) bond motifs is 2. The first-order valence-corrected chi connectivity index (χ1v) is 10.7. The Kier molecular flexibility index (Phi) is 4.83. The zero-order valence-corrected chi connectivity index (χ0v) is 18.7. The highest BCUT2D eigenvalue weighted by Crippen LogP contribution is 2.34. The first kappa shape index (κ1) is 21.3. The number of aliphatic hydroxyl groups is 2. The lowest BCUT2D eigenvalue weighted by Gasteiger charge is -2.34. The normalized spacial score (nSPS) is 23.8. The topological polar surface area (TPSA) is 148 Å². The second kappa shape index (κ2) is 7.49. The minimum absolute atomic E-state index is 0.0835. The molecule has 4 N–H and O–H groups in total. The molecule has 1 fully saturated rings. The number of hydrogen-bond acceptors (Lipinski definition) is 8. The standard InChI is InChI=1S/C22H26N8O3/c1-12-27-15-6-13(4-5-16(15)28(12)3)21(32)29-8-14(31)7-22(2,33)17(9-29)30-11-26-18-19(23)24-10-25-20(18)30/h4-6,10-11,14,17,31,33H,7-9H2,1-3H3,(H2,23,24,25)/t14-,17+,22+/m0/s1. The van der Waals surface area contributed by atoms with E-state index in [1.165, 1.54) is 12.7 Å². The maximum atomic E-state index is 13.5. The maximum Gasteiger partial charge on any atom is 0.254 e. The van der Waals surface area contributed by atoms with Crippen molar-refractivity contribution in [3.05, 3.63) is 42.2 Å². The van der Waals surface area contributed by atoms with E-state index in [4.69, 9.17) is 5.73 Å². The lowest BCUT2D eigenvalue weighted by atomic mass is 9.91. The number of nitrogens with zero attached hydrogens (tertiary/aromatic N) is 7. The van der Waals surface area contributed by atoms with Crippen molar-refractivity contribution in [2.45, 2.75) is 38.0 Å². The fraction of sp³-hybridized carbons (Fsp3) is 0.409. The number of benzene rings is 1. The summed E-state index contributed by atoms with van der Waals surface area (Å²) < 4.78 is 3.67. The molecular formula is C22H26N8O3. The summed E-state index contributed by atoms with van der Waals surface area (Å²) in [5.74, 6) is 0.837. The van der Waals surface area contributed by atoms with Crippen LogP contribution in [-0.2, 0) is 7.05 Å². The van der Waals surface area contributed by atoms with Gasteiger partial charge in [0, 0.05) is 32.1 Å². The van der Waals surface area contributed by atoms with Gasteiger partial charge in [0.25, 0.3) is 5.91 Å². The van der Waals surface area contributed by atoms with Crippen molar-refractivity contribution in [3.63, 3.8) is 0 Å². The lowest BCUT2D eigenvalue weighted by Crippen LogP contribution is -2.42. The summed E-state index contributed by atoms with van der Waals surface area (Å²) in [7, 11) is 1.93. The number of anilines is 1. The van der Waals surface area contributed by atoms with E-state index in [1.807, 2.05) is 24.6 Å². The molecule has 4 heterocycles. The molecule has 33 heavy (non-hydrogen) atoms. The first-order chi connectivity index (χ1) is 15.7. The number of nitrogens with two attached hydrogens (primary N) is 1. The average Bonchev–Trinajstić information content (AvgIpc) is 3.27. The van der Waals surface area contributed by atoms with Gasteiger partial charge in [-0.3, -0.25) is 4.79 Å². The monoisotopic (exact) mass is 450 g/mol. The third-order valence-electron chi connectivity index (χ3n) is 6.55. The Morgan fingerprint density at radius 3 is 2.82 bits per heavy atom. The zero-order valence-electron chi connectivity index (χ0n) is 18.7. The van der Waals surface area contributed by atoms with E-state index in [2.05, 4.69) is 19.9 Å². The summed E-state index contributed by atoms with van der Waals surface area (Å²) in [6, 6.07) is 4.78. The van der Waals surface area contributed by atoms with Gasteiger partial charge in [-0.15, -0.1) is 0 Å². The Hall–Kier alpha value is -3.57. The largest absolute Gasteiger partial charge is 0.391 e. The fourth-order valence-corrected chi connectivity index (χ4v) is 4.70. The highest BCUT2D eigenvalue weighted by molar-refractivity contribution is 5.97. The molecule has 3 aromatic heterocycles. The van der Waals surface area contributed by atoms with Crippen LogP contribution >= 0.6 is 0 Å². The molecule has 1 aromatic carbocycles. The Labute approximate surface area is 189 Å². The molecule has 1 saturated heterocycles. The molecule has 0 radical (unpaired) electrons. The predicted molar refractivity (Wildman–Crippen MR) is 121 cm³/mol. The van der Waals surface area contributed by atoms with Crippen molar-refractivity contribution in [2.24, 2.45) is 7.05 Å². The number of aliphatic hydroxyl groups excluding tert-OH is 1. The molecular weight excluding hydrogens is 424 g/mol. The van der Waals surface area contributed by atoms with E-state index >= 15 is 0 Å². The van der Waals surface area contributed by atoms with Crippen LogP contribution in [0.4, 0.5) is 5.82 Å². The number of likely N-dealkylation sites (tertiary alicyclic amines) is 1. The van der Waals surface area contributed by atoms with Crippen LogP contribution in [0.25, 0.3) is 22.2 Å². The third-order valence-corrected chi connectivity index (χ3v) is 6.55. The van der Waals surface area contributed by atoms with Crippen LogP contribution in [0.1, 0.15) is 35.6 Å². The number of imidazole rings is 2. The molecule has 0 unspecified atom stereocenters. The summed E-state index contributed by atoms with van der Waals surface area (Å²) in [5.41, 5.74) is 7.61. The minimum atomic E-state index is -1.33. The lowest BCUT2D eigenvalue weighted by molar-refractivity contribution is -0.0217. The summed E-state index contributed by atoms with van der Waals surface area (Å²) in [6.07, 6.45) is 2.06. The number of rotatable bonds is 2. The van der Waals surface area contributed by atoms with Crippen LogP contribution in [0.3, 0.4) is 0 Å². The number of nitrogen functional groups attached to an aromatic ring is 1. The highest BCUT2D eigenvalue weighted by atomic mass is 16.3. The molecule has 3 atom stereocenters. The van der Waals surface area contributed by atoms with Gasteiger partial charge in [0.15, 0.2) is 11.5 Å². The first-order valence-electron chi connectivity index (χ1n) is 10.7. The minimum Gasteiger partial charge on any atom is -0.391 e. The third kappa shape index (κ3) is 3.49. The molecule has 0 aliphatic carbocycles. The average molecular weight is 451 g/mol. The summed E-state index contributed by atoms with van der Waals surface area (Å²) in [4.78, 5) is 32.1. The quantitative estimate of drug-likeness (QED) is 0.406. The van der Waals surface area contributed by atoms with E-state index in [1.54, 1.807) is 28.5 Å². The number of aromatic nitrogens is 6. The number of aryl methyl sites for hydroxylation is 2. The SMILES string of the molecule is Cc1nc2cc(C(=O)N3C[C@@H](O)C[C@@](C)(O)[C@H](n4cnc5c(N)ncnc54)C3)ccc2n1C. The maximum absolute atomic E-state index is 13.5. The molecule has 5 rings (SSSR count). The number of carbonyl (C=O) groups is 1. The van der Waals surface area contributed by atoms with Gasteiger partial charge in [-0.05, 0) is 32.0 Å². The van der Waals surface area contributed by atoms with Crippen molar-refractivity contribution in [1.82, 2.24) is 34.0 Å². The second-order valence-corrected chi connectivity index (χ2v) is 8.95. The molecule has 172 valence electrons. The van der Waals surface area contributed by atoms with Gasteiger partial charge in [-0.25, -0.2) is 19.9 Å². The zero-order chi connectivity index (χ0) is 23.5. The van der Waals surface area contributed by atoms with Gasteiger partial charge in [-0.2, -0.15) is 0 Å². The van der Waals surface area contributed by atoms with E-state index < -0.39 is 17.7 Å². The molecule has 1 aliphatic rings. The molecule has 1 aliphatic heterocycles. The summed E-state index contributed by atoms with van der Waals surface area (Å²) >= 11 is 0. The fourth-order valence-electron chi connectivity index (χ4n) is 4.70. The van der Waals surface area contributed by atoms with Gasteiger partial charge in [-0.1, -0.05) is 0 Å². The highest BCUT2D eigenvalue weighted by Gasteiger charge is 2.42. The van der Waals surface area contributed by atoms with Gasteiger partial charge in [0.1, 0.15) is 17.7 Å². The molecule has 0 bridgehead atoms. The Morgan fingerprint density at radius 2 is 2.03 bits per heavy atom. The number of β-amino-alcohol motifs (C(OH)–C–C–N with tert-alkyl or cyclic N) is 1. The molecule has 4 aromatic rings. The van der Waals surface area contributed by atoms with Crippen molar-refractivity contribution < 1.29 is 15.0 Å². The predicted octanol–water partition coefficient (Wildman–Crippen LogP) is 0.803. The second-order valence-electron chi connectivity index (χ2n) is 8.95. The summed E-state index contributed by atoms with van der Waals surface area (Å²) in [5, 5.41) is 21.9. The Bertz CT molecular complexity index is 1370. The van der Waals surface area contributed by atoms with Crippen LogP contribution in [0, 0.1) is 6.92 Å². The van der Waals surface area contributed by atoms with Crippen LogP contribution in [0.15, 0.2) is 30.9 Å². The van der Waals surface area contributed by atoms with Crippen LogP contribution in [-0.4, -0.2) is 74.9 Å². The van der Waals surface area contributed by atoms with Crippen molar-refractivity contribution >= 4 is 33.9 Å². The van der Waals surface area contributed by atoms with Crippen LogP contribution in [0.2, 0.25) is 0 Å². The Morgan fingerprint density at radius 1 is 1.24 bits per heavy atom. The number of amides is 1. The van der Waals surface area contributed by atoms with Crippen LogP contribution < -0.4 is 5.73 Å². The molecule has 0 spiro atoms. The van der Waals surface area contributed by atoms with Crippen molar-refractivity contribution in [3.8, 4) is 0 Å². The van der Waals surface area contributed by atoms with Crippen LogP contribution in [0.5, 0.6) is 0 Å². The number of hydrogen-bond donors (Lipinski definition) is 3. The molecule has 1 amide bonds. The van der Waals surface area contributed by atoms with Gasteiger partial charge in [0.2, 0.25) is 0 Å². The van der Waals surface area contributed by atoms with Crippen molar-refractivity contribution in [1.29, 1.82) is 0 Å². The Balaban J connectivity index is 1.54. The van der Waals surface area contributed by atoms with E-state index in [0.717, 1.165) is 16.9 Å². The van der Waals surface area contributed by atoms with Gasteiger partial charge < -0.3 is 30.0 Å². The van der Waals surface area contributed by atoms with E-state index in [-0.39, 0.29) is 31.2 Å². The van der Waals surface area contributed by atoms with E-state index in [9.17, 15) is 15.0 Å². The van der Waals surface area contributed by atoms with Crippen molar-refractivity contribution in [2.75, 3.05) is 18.8 Å². The van der Waals surface area contributed by atoms with Gasteiger partial charge >= 0.3 is 0 Å².